The first-order valence-corrected chi connectivity index (χ1v) is 21.6. The molecular weight excluding hydrogens is 589 g/mol. The SMILES string of the molecule is CC(C)[C@H]1C(O[Si](C)(C)C(C)(C)C)=C[C@@H](C(C)C)C(C(=O)O[C@@H]2C[C@H](C)CC[C@H]2C(C)C)=C1C(=O)O[C@@H]1C[C@H](C)CC[C@H]1C(C)C. The maximum atomic E-state index is 14.8. The normalized spacial score (nSPS) is 31.4. The molecule has 264 valence electrons. The Bertz CT molecular complexity index is 1120. The van der Waals surface area contributed by atoms with Crippen molar-refractivity contribution >= 4 is 20.3 Å². The summed E-state index contributed by atoms with van der Waals surface area (Å²) < 4.78 is 20.2. The number of hydrogen-bond acceptors (Lipinski definition) is 5. The van der Waals surface area contributed by atoms with Gasteiger partial charge in [-0.1, -0.05) is 103 Å². The number of rotatable bonds is 10. The molecule has 0 saturated heterocycles. The number of ether oxygens (including phenoxy) is 2. The van der Waals surface area contributed by atoms with Crippen LogP contribution < -0.4 is 0 Å². The van der Waals surface area contributed by atoms with Crippen molar-refractivity contribution in [2.75, 3.05) is 0 Å². The zero-order chi connectivity index (χ0) is 34.9. The lowest BCUT2D eigenvalue weighted by Crippen LogP contribution is -2.45. The summed E-state index contributed by atoms with van der Waals surface area (Å²) in [6.45, 7) is 33.2. The van der Waals surface area contributed by atoms with Gasteiger partial charge in [0.15, 0.2) is 0 Å². The Morgan fingerprint density at radius 3 is 1.50 bits per heavy atom. The van der Waals surface area contributed by atoms with Gasteiger partial charge in [0.2, 0.25) is 8.32 Å². The molecule has 2 fully saturated rings. The van der Waals surface area contributed by atoms with E-state index in [9.17, 15) is 9.59 Å². The summed E-state index contributed by atoms with van der Waals surface area (Å²) in [7, 11) is -2.26. The van der Waals surface area contributed by atoms with Crippen LogP contribution in [-0.4, -0.2) is 32.5 Å². The van der Waals surface area contributed by atoms with Crippen LogP contribution in [0.2, 0.25) is 18.1 Å². The molecule has 5 nitrogen and oxygen atoms in total. The highest BCUT2D eigenvalue weighted by Gasteiger charge is 2.48. The van der Waals surface area contributed by atoms with Crippen LogP contribution in [0.3, 0.4) is 0 Å². The number of esters is 2. The van der Waals surface area contributed by atoms with Crippen LogP contribution in [0.25, 0.3) is 0 Å². The van der Waals surface area contributed by atoms with Gasteiger partial charge < -0.3 is 13.9 Å². The lowest BCUT2D eigenvalue weighted by Gasteiger charge is -2.43. The second kappa shape index (κ2) is 15.3. The highest BCUT2D eigenvalue weighted by molar-refractivity contribution is 6.74. The van der Waals surface area contributed by atoms with Gasteiger partial charge in [0.05, 0.1) is 16.9 Å². The lowest BCUT2D eigenvalue weighted by atomic mass is 9.72. The third-order valence-corrected chi connectivity index (χ3v) is 16.4. The van der Waals surface area contributed by atoms with Crippen LogP contribution in [0.1, 0.15) is 129 Å². The molecule has 0 spiro atoms. The lowest BCUT2D eigenvalue weighted by molar-refractivity contribution is -0.156. The smallest absolute Gasteiger partial charge is 0.335 e. The van der Waals surface area contributed by atoms with Gasteiger partial charge in [0.1, 0.15) is 12.2 Å². The van der Waals surface area contributed by atoms with Crippen molar-refractivity contribution in [1.29, 1.82) is 0 Å². The van der Waals surface area contributed by atoms with Crippen molar-refractivity contribution in [2.45, 2.75) is 159 Å². The van der Waals surface area contributed by atoms with Gasteiger partial charge in [-0.05, 0) is 97.2 Å². The average Bonchev–Trinajstić information content (AvgIpc) is 2.90. The second-order valence-corrected chi connectivity index (χ2v) is 23.0. The first-order valence-electron chi connectivity index (χ1n) is 18.7. The predicted molar refractivity (Wildman–Crippen MR) is 192 cm³/mol. The largest absolute Gasteiger partial charge is 0.546 e. The van der Waals surface area contributed by atoms with E-state index in [2.05, 4.69) is 109 Å². The third-order valence-electron chi connectivity index (χ3n) is 12.0. The van der Waals surface area contributed by atoms with Crippen LogP contribution in [0.4, 0.5) is 0 Å². The zero-order valence-corrected chi connectivity index (χ0v) is 33.3. The monoisotopic (exact) mass is 658 g/mol. The van der Waals surface area contributed by atoms with Gasteiger partial charge in [-0.2, -0.15) is 0 Å². The van der Waals surface area contributed by atoms with E-state index in [0.717, 1.165) is 44.3 Å². The van der Waals surface area contributed by atoms with Crippen LogP contribution >= 0.6 is 0 Å². The Morgan fingerprint density at radius 1 is 0.696 bits per heavy atom. The van der Waals surface area contributed by atoms with E-state index in [-0.39, 0.29) is 52.9 Å². The summed E-state index contributed by atoms with van der Waals surface area (Å²) in [5.74, 6) is 2.07. The molecule has 3 rings (SSSR count). The molecule has 46 heavy (non-hydrogen) atoms. The van der Waals surface area contributed by atoms with E-state index in [1.807, 2.05) is 0 Å². The molecule has 0 N–H and O–H groups in total. The number of allylic oxidation sites excluding steroid dienone is 2. The fourth-order valence-electron chi connectivity index (χ4n) is 7.97. The van der Waals surface area contributed by atoms with Crippen LogP contribution in [0, 0.1) is 59.2 Å². The number of carbonyl (C=O) groups is 2. The Labute approximate surface area is 284 Å². The molecule has 0 unspecified atom stereocenters. The fraction of sp³-hybridized carbons (Fsp3) is 0.850. The molecule has 0 aromatic carbocycles. The minimum absolute atomic E-state index is 0.0153. The highest BCUT2D eigenvalue weighted by Crippen LogP contribution is 2.48. The second-order valence-electron chi connectivity index (χ2n) is 18.3. The van der Waals surface area contributed by atoms with E-state index in [4.69, 9.17) is 13.9 Å². The van der Waals surface area contributed by atoms with Crippen molar-refractivity contribution in [1.82, 2.24) is 0 Å². The van der Waals surface area contributed by atoms with E-state index in [1.54, 1.807) is 0 Å². The minimum atomic E-state index is -2.26. The molecule has 2 saturated carbocycles. The van der Waals surface area contributed by atoms with Gasteiger partial charge in [0.25, 0.3) is 0 Å². The van der Waals surface area contributed by atoms with E-state index in [1.165, 1.54) is 0 Å². The van der Waals surface area contributed by atoms with Gasteiger partial charge in [-0.25, -0.2) is 9.59 Å². The van der Waals surface area contributed by atoms with Crippen molar-refractivity contribution in [3.63, 3.8) is 0 Å². The fourth-order valence-corrected chi connectivity index (χ4v) is 9.06. The molecule has 0 bridgehead atoms. The molecule has 0 aromatic heterocycles. The first-order chi connectivity index (χ1) is 21.2. The summed E-state index contributed by atoms with van der Waals surface area (Å²) in [6.07, 6.45) is 8.04. The summed E-state index contributed by atoms with van der Waals surface area (Å²) >= 11 is 0. The summed E-state index contributed by atoms with van der Waals surface area (Å²) in [5.41, 5.74) is 0.993. The van der Waals surface area contributed by atoms with E-state index in [0.29, 0.717) is 46.7 Å². The molecule has 0 heterocycles. The van der Waals surface area contributed by atoms with Crippen LogP contribution in [-0.2, 0) is 23.5 Å². The Kier molecular flexibility index (Phi) is 13.0. The van der Waals surface area contributed by atoms with Crippen LogP contribution in [0.15, 0.2) is 23.0 Å². The van der Waals surface area contributed by atoms with Gasteiger partial charge in [-0.3, -0.25) is 0 Å². The Balaban J connectivity index is 2.19. The van der Waals surface area contributed by atoms with Gasteiger partial charge in [-0.15, -0.1) is 0 Å². The average molecular weight is 659 g/mol. The zero-order valence-electron chi connectivity index (χ0n) is 32.3. The minimum Gasteiger partial charge on any atom is -0.546 e. The Morgan fingerprint density at radius 2 is 1.13 bits per heavy atom. The standard InChI is InChI=1S/C40H70O5Si/c1-23(2)29-18-16-27(9)20-32(29)43-38(41)36-31(25(5)6)22-34(45-46(14,15)40(11,12)13)35(26(7)8)37(36)39(42)44-33-21-28(10)17-19-30(33)24(3)4/h22-33,35H,16-21H2,1-15H3/t27-,28-,29+,30+,31+,32-,33-,35+/m1/s1. The van der Waals surface area contributed by atoms with Crippen molar-refractivity contribution in [2.24, 2.45) is 59.2 Å². The van der Waals surface area contributed by atoms with Crippen molar-refractivity contribution in [3.05, 3.63) is 23.0 Å². The van der Waals surface area contributed by atoms with Crippen molar-refractivity contribution in [3.8, 4) is 0 Å². The molecular formula is C40H70O5Si. The van der Waals surface area contributed by atoms with Gasteiger partial charge >= 0.3 is 11.9 Å². The molecule has 6 heteroatoms. The van der Waals surface area contributed by atoms with E-state index >= 15 is 0 Å². The molecule has 0 radical (unpaired) electrons. The maximum Gasteiger partial charge on any atom is 0.335 e. The third kappa shape index (κ3) is 8.91. The molecule has 3 aliphatic carbocycles. The first kappa shape index (κ1) is 38.9. The van der Waals surface area contributed by atoms with Gasteiger partial charge in [0, 0.05) is 11.8 Å². The summed E-state index contributed by atoms with van der Waals surface area (Å²) in [5, 5.41) is -0.0153. The molecule has 0 aromatic rings. The molecule has 0 aliphatic heterocycles. The number of carbonyl (C=O) groups excluding carboxylic acids is 2. The molecule has 0 amide bonds. The summed E-state index contributed by atoms with van der Waals surface area (Å²) in [4.78, 5) is 29.5. The predicted octanol–water partition coefficient (Wildman–Crippen LogP) is 10.8. The highest BCUT2D eigenvalue weighted by atomic mass is 28.4. The van der Waals surface area contributed by atoms with Crippen LogP contribution in [0.5, 0.6) is 0 Å². The van der Waals surface area contributed by atoms with E-state index < -0.39 is 8.32 Å². The quantitative estimate of drug-likeness (QED) is 0.173. The molecule has 8 atom stereocenters. The molecule has 3 aliphatic rings. The number of hydrogen-bond donors (Lipinski definition) is 0. The Hall–Kier alpha value is -1.56. The summed E-state index contributed by atoms with van der Waals surface area (Å²) in [6, 6.07) is 0. The maximum absolute atomic E-state index is 14.8. The topological polar surface area (TPSA) is 61.8 Å². The van der Waals surface area contributed by atoms with Crippen molar-refractivity contribution < 1.29 is 23.5 Å².